The van der Waals surface area contributed by atoms with Crippen molar-refractivity contribution in [3.63, 3.8) is 0 Å². The molecule has 27 heavy (non-hydrogen) atoms. The lowest BCUT2D eigenvalue weighted by atomic mass is 10.0. The third-order valence-electron chi connectivity index (χ3n) is 5.68. The van der Waals surface area contributed by atoms with Crippen molar-refractivity contribution in [1.82, 2.24) is 15.3 Å². The lowest BCUT2D eigenvalue weighted by molar-refractivity contribution is 0.417. The minimum absolute atomic E-state index is 0.0518. The summed E-state index contributed by atoms with van der Waals surface area (Å²) in [6.45, 7) is 4.31. The molecule has 0 spiro atoms. The molecule has 7 heteroatoms. The zero-order chi connectivity index (χ0) is 18.8. The van der Waals surface area contributed by atoms with Gasteiger partial charge in [-0.1, -0.05) is 19.8 Å². The van der Waals surface area contributed by atoms with Crippen molar-refractivity contribution in [2.45, 2.75) is 56.1 Å². The number of nitrogens with one attached hydrogen (secondary N) is 3. The molecular formula is C20H27FN4OS. The SMILES string of the molecule is C[C@H]1CNCC[C@@H]1SCc1nc2cc(NC3CCCC3)cc(F)c2c(=O)[nH]1. The molecule has 1 saturated carbocycles. The topological polar surface area (TPSA) is 69.8 Å². The highest BCUT2D eigenvalue weighted by Gasteiger charge is 2.22. The molecular weight excluding hydrogens is 363 g/mol. The van der Waals surface area contributed by atoms with E-state index in [1.165, 1.54) is 18.9 Å². The highest BCUT2D eigenvalue weighted by molar-refractivity contribution is 7.99. The number of hydrogen-bond acceptors (Lipinski definition) is 5. The second-order valence-electron chi connectivity index (χ2n) is 7.81. The number of rotatable bonds is 5. The molecule has 1 aromatic carbocycles. The van der Waals surface area contributed by atoms with Crippen LogP contribution in [0.3, 0.4) is 0 Å². The first-order valence-corrected chi connectivity index (χ1v) is 11.0. The molecule has 0 radical (unpaired) electrons. The van der Waals surface area contributed by atoms with Crippen molar-refractivity contribution in [2.75, 3.05) is 18.4 Å². The second-order valence-corrected chi connectivity index (χ2v) is 9.04. The van der Waals surface area contributed by atoms with Crippen LogP contribution in [-0.4, -0.2) is 34.3 Å². The first-order valence-electron chi connectivity index (χ1n) is 9.91. The number of fused-ring (bicyclic) bond motifs is 1. The minimum atomic E-state index is -0.507. The lowest BCUT2D eigenvalue weighted by Gasteiger charge is -2.28. The molecule has 0 bridgehead atoms. The molecule has 2 fully saturated rings. The Morgan fingerprint density at radius 1 is 1.30 bits per heavy atom. The normalized spacial score (nSPS) is 23.8. The number of halogens is 1. The average Bonchev–Trinajstić information content (AvgIpc) is 3.13. The van der Waals surface area contributed by atoms with E-state index in [-0.39, 0.29) is 10.9 Å². The smallest absolute Gasteiger partial charge is 0.261 e. The standard InChI is InChI=1S/C20H27FN4OS/c1-12-10-22-7-6-17(12)27-11-18-24-16-9-14(23-13-4-2-3-5-13)8-15(21)19(16)20(26)25-18/h8-9,12-13,17,22-23H,2-7,10-11H2,1H3,(H,24,25,26)/t12-,17-/m0/s1. The van der Waals surface area contributed by atoms with E-state index in [1.54, 1.807) is 0 Å². The number of H-pyrrole nitrogens is 1. The van der Waals surface area contributed by atoms with Gasteiger partial charge < -0.3 is 15.6 Å². The number of aromatic amines is 1. The van der Waals surface area contributed by atoms with Gasteiger partial charge in [-0.3, -0.25) is 4.79 Å². The number of anilines is 1. The number of benzene rings is 1. The molecule has 0 unspecified atom stereocenters. The van der Waals surface area contributed by atoms with E-state index in [0.717, 1.165) is 38.0 Å². The fourth-order valence-electron chi connectivity index (χ4n) is 4.15. The summed E-state index contributed by atoms with van der Waals surface area (Å²) in [7, 11) is 0. The molecule has 2 atom stereocenters. The predicted octanol–water partition coefficient (Wildman–Crippen LogP) is 3.65. The van der Waals surface area contributed by atoms with Gasteiger partial charge in [0.15, 0.2) is 0 Å². The lowest BCUT2D eigenvalue weighted by Crippen LogP contribution is -2.36. The molecule has 4 rings (SSSR count). The first-order chi connectivity index (χ1) is 13.1. The molecule has 2 aliphatic rings. The van der Waals surface area contributed by atoms with Crippen LogP contribution in [0.2, 0.25) is 0 Å². The highest BCUT2D eigenvalue weighted by atomic mass is 32.2. The summed E-state index contributed by atoms with van der Waals surface area (Å²) in [6, 6.07) is 3.62. The van der Waals surface area contributed by atoms with Gasteiger partial charge in [-0.25, -0.2) is 9.37 Å². The van der Waals surface area contributed by atoms with Crippen LogP contribution in [0.4, 0.5) is 10.1 Å². The first kappa shape index (κ1) is 18.7. The number of thioether (sulfide) groups is 1. The van der Waals surface area contributed by atoms with Crippen LogP contribution in [0.1, 0.15) is 44.9 Å². The van der Waals surface area contributed by atoms with Crippen LogP contribution in [0.25, 0.3) is 10.9 Å². The van der Waals surface area contributed by atoms with Gasteiger partial charge in [0.2, 0.25) is 0 Å². The largest absolute Gasteiger partial charge is 0.382 e. The van der Waals surface area contributed by atoms with Gasteiger partial charge in [0, 0.05) is 17.0 Å². The summed E-state index contributed by atoms with van der Waals surface area (Å²) >= 11 is 1.83. The van der Waals surface area contributed by atoms with E-state index >= 15 is 0 Å². The number of nitrogens with zero attached hydrogens (tertiary/aromatic N) is 1. The molecule has 1 saturated heterocycles. The molecule has 0 amide bonds. The Bertz CT molecular complexity index is 865. The maximum absolute atomic E-state index is 14.5. The van der Waals surface area contributed by atoms with Crippen molar-refractivity contribution in [1.29, 1.82) is 0 Å². The quantitative estimate of drug-likeness (QED) is 0.727. The fourth-order valence-corrected chi connectivity index (χ4v) is 5.37. The van der Waals surface area contributed by atoms with Gasteiger partial charge in [-0.05, 0) is 50.4 Å². The van der Waals surface area contributed by atoms with Crippen LogP contribution < -0.4 is 16.2 Å². The third-order valence-corrected chi connectivity index (χ3v) is 7.24. The van der Waals surface area contributed by atoms with Crippen LogP contribution in [0.15, 0.2) is 16.9 Å². The highest BCUT2D eigenvalue weighted by Crippen LogP contribution is 2.28. The van der Waals surface area contributed by atoms with E-state index in [4.69, 9.17) is 0 Å². The Kier molecular flexibility index (Phi) is 5.68. The van der Waals surface area contributed by atoms with Crippen LogP contribution in [0.5, 0.6) is 0 Å². The summed E-state index contributed by atoms with van der Waals surface area (Å²) < 4.78 is 14.5. The van der Waals surface area contributed by atoms with Crippen molar-refractivity contribution in [2.24, 2.45) is 5.92 Å². The summed E-state index contributed by atoms with van der Waals surface area (Å²) in [5.74, 6) is 1.35. The van der Waals surface area contributed by atoms with E-state index in [0.29, 0.717) is 34.3 Å². The molecule has 2 heterocycles. The van der Waals surface area contributed by atoms with E-state index in [2.05, 4.69) is 27.5 Å². The van der Waals surface area contributed by atoms with Crippen LogP contribution >= 0.6 is 11.8 Å². The molecule has 5 nitrogen and oxygen atoms in total. The minimum Gasteiger partial charge on any atom is -0.382 e. The van der Waals surface area contributed by atoms with Gasteiger partial charge in [0.05, 0.1) is 11.3 Å². The summed E-state index contributed by atoms with van der Waals surface area (Å²) in [6.07, 6.45) is 5.76. The average molecular weight is 391 g/mol. The van der Waals surface area contributed by atoms with Gasteiger partial charge in [0.1, 0.15) is 17.0 Å². The van der Waals surface area contributed by atoms with Gasteiger partial charge in [0.25, 0.3) is 5.56 Å². The van der Waals surface area contributed by atoms with Crippen molar-refractivity contribution >= 4 is 28.4 Å². The van der Waals surface area contributed by atoms with Crippen LogP contribution in [-0.2, 0) is 5.75 Å². The molecule has 2 aromatic rings. The Morgan fingerprint density at radius 3 is 2.89 bits per heavy atom. The molecule has 1 aromatic heterocycles. The summed E-state index contributed by atoms with van der Waals surface area (Å²) in [4.78, 5) is 19.8. The van der Waals surface area contributed by atoms with Crippen molar-refractivity contribution in [3.05, 3.63) is 34.1 Å². The molecule has 1 aliphatic carbocycles. The summed E-state index contributed by atoms with van der Waals surface area (Å²) in [5, 5.41) is 7.41. The van der Waals surface area contributed by atoms with Crippen molar-refractivity contribution in [3.8, 4) is 0 Å². The molecule has 3 N–H and O–H groups in total. The molecule has 146 valence electrons. The fraction of sp³-hybridized carbons (Fsp3) is 0.600. The van der Waals surface area contributed by atoms with Crippen LogP contribution in [0, 0.1) is 11.7 Å². The zero-order valence-corrected chi connectivity index (χ0v) is 16.5. The number of piperidine rings is 1. The second kappa shape index (κ2) is 8.19. The zero-order valence-electron chi connectivity index (χ0n) is 15.7. The van der Waals surface area contributed by atoms with E-state index in [9.17, 15) is 9.18 Å². The Balaban J connectivity index is 1.55. The monoisotopic (exact) mass is 390 g/mol. The van der Waals surface area contributed by atoms with Gasteiger partial charge in [-0.2, -0.15) is 11.8 Å². The number of hydrogen-bond donors (Lipinski definition) is 3. The Hall–Kier alpha value is -1.60. The maximum atomic E-state index is 14.5. The van der Waals surface area contributed by atoms with Gasteiger partial charge >= 0.3 is 0 Å². The third kappa shape index (κ3) is 4.29. The number of aromatic nitrogens is 2. The summed E-state index contributed by atoms with van der Waals surface area (Å²) in [5.41, 5.74) is 0.766. The maximum Gasteiger partial charge on any atom is 0.261 e. The predicted molar refractivity (Wildman–Crippen MR) is 110 cm³/mol. The van der Waals surface area contributed by atoms with E-state index < -0.39 is 5.82 Å². The Labute approximate surface area is 162 Å². The van der Waals surface area contributed by atoms with Gasteiger partial charge in [-0.15, -0.1) is 0 Å². The van der Waals surface area contributed by atoms with E-state index in [1.807, 2.05) is 17.8 Å². The van der Waals surface area contributed by atoms with Crippen molar-refractivity contribution < 1.29 is 4.39 Å². The Morgan fingerprint density at radius 2 is 2.11 bits per heavy atom. The molecule has 1 aliphatic heterocycles.